The van der Waals surface area contributed by atoms with Crippen molar-refractivity contribution in [2.24, 2.45) is 0 Å². The molecule has 1 N–H and O–H groups in total. The van der Waals surface area contributed by atoms with E-state index in [9.17, 15) is 4.79 Å². The van der Waals surface area contributed by atoms with E-state index in [1.54, 1.807) is 22.5 Å². The minimum absolute atomic E-state index is 0.176. The van der Waals surface area contributed by atoms with Gasteiger partial charge in [0.25, 0.3) is 0 Å². The van der Waals surface area contributed by atoms with Crippen LogP contribution in [-0.4, -0.2) is 33.6 Å². The monoisotopic (exact) mass is 347 g/mol. The molecule has 0 saturated carbocycles. The molecule has 0 saturated heterocycles. The molecule has 0 rings (SSSR count). The molecule has 0 spiro atoms. The molecule has 0 bridgehead atoms. The minimum atomic E-state index is -0.935. The van der Waals surface area contributed by atoms with Crippen molar-refractivity contribution in [1.82, 2.24) is 0 Å². The first-order valence-corrected chi connectivity index (χ1v) is 7.89. The van der Waals surface area contributed by atoms with Crippen molar-refractivity contribution in [2.75, 3.05) is 0 Å². The third kappa shape index (κ3) is 12.3. The molecule has 0 amide bonds. The van der Waals surface area contributed by atoms with Gasteiger partial charge in [0.05, 0.1) is 0 Å². The summed E-state index contributed by atoms with van der Waals surface area (Å²) < 4.78 is 0.724. The summed E-state index contributed by atoms with van der Waals surface area (Å²) >= 11 is 1.75. The predicted octanol–water partition coefficient (Wildman–Crippen LogP) is 4.36. The Balaban J connectivity index is 0. The van der Waals surface area contributed by atoms with E-state index in [0.29, 0.717) is 0 Å². The zero-order valence-electron chi connectivity index (χ0n) is 11.8. The van der Waals surface area contributed by atoms with Crippen LogP contribution in [0.25, 0.3) is 0 Å². The van der Waals surface area contributed by atoms with E-state index < -0.39 is 5.97 Å². The number of hydrogen-bond acceptors (Lipinski definition) is 1. The number of carboxylic acid groups (broad SMARTS) is 1. The first-order valence-electron chi connectivity index (χ1n) is 6.46. The Bertz CT molecular complexity index is 208. The fourth-order valence-electron chi connectivity index (χ4n) is 1.32. The maximum absolute atomic E-state index is 9.60. The Morgan fingerprint density at radius 1 is 1.24 bits per heavy atom. The van der Waals surface area contributed by atoms with Gasteiger partial charge in [0.1, 0.15) is 0 Å². The van der Waals surface area contributed by atoms with Gasteiger partial charge in [-0.15, -0.1) is 0 Å². The molecule has 99 valence electrons. The van der Waals surface area contributed by atoms with Gasteiger partial charge in [0, 0.05) is 5.57 Å². The van der Waals surface area contributed by atoms with E-state index in [1.165, 1.54) is 45.4 Å². The van der Waals surface area contributed by atoms with Crippen LogP contribution < -0.4 is 0 Å². The van der Waals surface area contributed by atoms with E-state index in [1.807, 2.05) is 0 Å². The van der Waals surface area contributed by atoms with E-state index in [0.717, 1.165) is 3.43 Å². The van der Waals surface area contributed by atoms with Crippen LogP contribution >= 0.6 is 0 Å². The third-order valence-corrected chi connectivity index (χ3v) is 5.71. The average molecular weight is 346 g/mol. The second kappa shape index (κ2) is 11.1. The van der Waals surface area contributed by atoms with Crippen LogP contribution in [0.1, 0.15) is 66.2 Å². The molecule has 0 heterocycles. The zero-order valence-corrected chi connectivity index (χ0v) is 14.7. The molecule has 2 nitrogen and oxygen atoms in total. The molecular formula is C14H27O2Sn. The molecule has 0 unspecified atom stereocenters. The SMILES string of the molecule is C=C(C)C(=O)O.CCCCC[C]([Sn])(CC)CC. The summed E-state index contributed by atoms with van der Waals surface area (Å²) in [5.74, 6) is -0.935. The van der Waals surface area contributed by atoms with E-state index in [-0.39, 0.29) is 5.57 Å². The maximum atomic E-state index is 9.60. The summed E-state index contributed by atoms with van der Waals surface area (Å²) in [7, 11) is 0. The van der Waals surface area contributed by atoms with E-state index in [2.05, 4.69) is 27.4 Å². The fourth-order valence-corrected chi connectivity index (χ4v) is 1.82. The summed E-state index contributed by atoms with van der Waals surface area (Å²) in [5, 5.41) is 7.89. The molecule has 0 aliphatic heterocycles. The Hall–Kier alpha value is 0.00870. The van der Waals surface area contributed by atoms with Gasteiger partial charge in [0.2, 0.25) is 0 Å². The van der Waals surface area contributed by atoms with Crippen LogP contribution in [-0.2, 0) is 4.79 Å². The summed E-state index contributed by atoms with van der Waals surface area (Å²) in [6.07, 6.45) is 8.46. The predicted molar refractivity (Wildman–Crippen MR) is 75.6 cm³/mol. The number of hydrogen-bond donors (Lipinski definition) is 1. The average Bonchev–Trinajstić information content (AvgIpc) is 2.30. The van der Waals surface area contributed by atoms with Gasteiger partial charge in [-0.05, 0) is 6.92 Å². The van der Waals surface area contributed by atoms with Crippen LogP contribution in [0.5, 0.6) is 0 Å². The zero-order chi connectivity index (χ0) is 13.9. The molecule has 0 atom stereocenters. The normalized spacial score (nSPS) is 10.4. The molecule has 0 aromatic rings. The van der Waals surface area contributed by atoms with Gasteiger partial charge >= 0.3 is 91.2 Å². The van der Waals surface area contributed by atoms with Gasteiger partial charge in [-0.25, -0.2) is 4.79 Å². The molecular weight excluding hydrogens is 319 g/mol. The van der Waals surface area contributed by atoms with Gasteiger partial charge in [-0.2, -0.15) is 0 Å². The number of carboxylic acids is 1. The third-order valence-electron chi connectivity index (χ3n) is 2.98. The molecule has 0 aliphatic carbocycles. The van der Waals surface area contributed by atoms with Crippen LogP contribution in [0.3, 0.4) is 0 Å². The number of unbranched alkanes of at least 4 members (excludes halogenated alkanes) is 2. The van der Waals surface area contributed by atoms with E-state index >= 15 is 0 Å². The van der Waals surface area contributed by atoms with Crippen molar-refractivity contribution < 1.29 is 9.90 Å². The second-order valence-electron chi connectivity index (χ2n) is 4.53. The number of rotatable bonds is 7. The topological polar surface area (TPSA) is 37.3 Å². The quantitative estimate of drug-likeness (QED) is 0.423. The van der Waals surface area contributed by atoms with Gasteiger partial charge < -0.3 is 5.11 Å². The first kappa shape index (κ1) is 19.4. The Labute approximate surface area is 120 Å². The molecule has 17 heavy (non-hydrogen) atoms. The molecule has 0 aliphatic rings. The molecule has 3 radical (unpaired) electrons. The van der Waals surface area contributed by atoms with Gasteiger partial charge in [0.15, 0.2) is 0 Å². The first-order chi connectivity index (χ1) is 7.82. The van der Waals surface area contributed by atoms with Crippen molar-refractivity contribution in [1.29, 1.82) is 0 Å². The van der Waals surface area contributed by atoms with Crippen molar-refractivity contribution in [3.05, 3.63) is 12.2 Å². The van der Waals surface area contributed by atoms with Crippen LogP contribution in [0.15, 0.2) is 12.2 Å². The van der Waals surface area contributed by atoms with Gasteiger partial charge in [-0.1, -0.05) is 6.58 Å². The number of aliphatic carboxylic acids is 1. The Morgan fingerprint density at radius 3 is 1.88 bits per heavy atom. The standard InChI is InChI=1S/C10H21.C4H6O2.Sn/c1-4-7-8-9-10(5-2)6-3;1-3(2)4(5)6;/h4-9H2,1-3H3;1H2,2H3,(H,5,6);. The van der Waals surface area contributed by atoms with Crippen LogP contribution in [0, 0.1) is 0 Å². The van der Waals surface area contributed by atoms with Crippen molar-refractivity contribution in [3.8, 4) is 0 Å². The van der Waals surface area contributed by atoms with Crippen LogP contribution in [0.4, 0.5) is 0 Å². The fraction of sp³-hybridized carbons (Fsp3) is 0.786. The molecule has 3 heteroatoms. The van der Waals surface area contributed by atoms with Crippen LogP contribution in [0.2, 0.25) is 3.43 Å². The molecule has 0 fully saturated rings. The van der Waals surface area contributed by atoms with Crippen molar-refractivity contribution >= 4 is 28.5 Å². The Kier molecular flexibility index (Phi) is 12.7. The second-order valence-corrected chi connectivity index (χ2v) is 7.56. The summed E-state index contributed by atoms with van der Waals surface area (Å²) in [6.45, 7) is 11.6. The van der Waals surface area contributed by atoms with Crippen molar-refractivity contribution in [2.45, 2.75) is 69.7 Å². The summed E-state index contributed by atoms with van der Waals surface area (Å²) in [6, 6.07) is 0. The van der Waals surface area contributed by atoms with E-state index in [4.69, 9.17) is 5.11 Å². The van der Waals surface area contributed by atoms with Gasteiger partial charge in [-0.3, -0.25) is 0 Å². The number of carbonyl (C=O) groups is 1. The molecule has 0 aromatic heterocycles. The van der Waals surface area contributed by atoms with Crippen molar-refractivity contribution in [3.63, 3.8) is 0 Å². The summed E-state index contributed by atoms with van der Waals surface area (Å²) in [5.41, 5.74) is 0.176. The summed E-state index contributed by atoms with van der Waals surface area (Å²) in [4.78, 5) is 9.60. The molecule has 0 aromatic carbocycles. The Morgan fingerprint density at radius 2 is 1.65 bits per heavy atom.